The van der Waals surface area contributed by atoms with Gasteiger partial charge in [0.05, 0.1) is 19.2 Å². The van der Waals surface area contributed by atoms with Crippen LogP contribution in [0.3, 0.4) is 0 Å². The Morgan fingerprint density at radius 3 is 2.10 bits per heavy atom. The van der Waals surface area contributed by atoms with Crippen LogP contribution >= 0.6 is 34.8 Å². The molecule has 20 heavy (non-hydrogen) atoms. The molecule has 0 bridgehead atoms. The first-order chi connectivity index (χ1) is 9.47. The van der Waals surface area contributed by atoms with Crippen LogP contribution in [0.4, 0.5) is 4.39 Å². The second-order valence-electron chi connectivity index (χ2n) is 3.64. The number of benzene rings is 1. The summed E-state index contributed by atoms with van der Waals surface area (Å²) >= 11 is 17.4. The van der Waals surface area contributed by atoms with Gasteiger partial charge in [-0.05, 0) is 12.1 Å². The minimum absolute atomic E-state index is 0.129. The molecule has 106 valence electrons. The van der Waals surface area contributed by atoms with Crippen LogP contribution in [0.25, 0.3) is 11.4 Å². The van der Waals surface area contributed by atoms with Crippen molar-refractivity contribution in [2.75, 3.05) is 14.2 Å². The van der Waals surface area contributed by atoms with Crippen molar-refractivity contribution in [3.8, 4) is 22.9 Å². The zero-order valence-electron chi connectivity index (χ0n) is 10.4. The number of methoxy groups -OCH3 is 2. The molecule has 0 fully saturated rings. The molecule has 0 aliphatic carbocycles. The van der Waals surface area contributed by atoms with Crippen molar-refractivity contribution < 1.29 is 13.9 Å². The van der Waals surface area contributed by atoms with Crippen molar-refractivity contribution in [1.82, 2.24) is 9.97 Å². The summed E-state index contributed by atoms with van der Waals surface area (Å²) in [6.07, 6.45) is 0. The molecular formula is C12H8Cl3FN2O2. The average molecular weight is 338 g/mol. The third kappa shape index (κ3) is 2.75. The van der Waals surface area contributed by atoms with Crippen molar-refractivity contribution in [3.63, 3.8) is 0 Å². The summed E-state index contributed by atoms with van der Waals surface area (Å²) in [4.78, 5) is 7.63. The predicted molar refractivity (Wildman–Crippen MR) is 75.6 cm³/mol. The number of aromatic nitrogens is 2. The molecule has 0 radical (unpaired) electrons. The highest BCUT2D eigenvalue weighted by molar-refractivity contribution is 6.34. The predicted octanol–water partition coefficient (Wildman–Crippen LogP) is 4.26. The summed E-state index contributed by atoms with van der Waals surface area (Å²) in [5, 5.41) is -0.446. The molecule has 0 aliphatic rings. The van der Waals surface area contributed by atoms with Crippen LogP contribution in [0.2, 0.25) is 15.3 Å². The Hall–Kier alpha value is -1.30. The van der Waals surface area contributed by atoms with E-state index < -0.39 is 5.82 Å². The zero-order valence-corrected chi connectivity index (χ0v) is 12.6. The smallest absolute Gasteiger partial charge is 0.197 e. The van der Waals surface area contributed by atoms with Gasteiger partial charge in [-0.2, -0.15) is 0 Å². The third-order valence-corrected chi connectivity index (χ3v) is 3.24. The highest BCUT2D eigenvalue weighted by Gasteiger charge is 2.16. The quantitative estimate of drug-likeness (QED) is 0.785. The maximum atomic E-state index is 13.3. The third-order valence-electron chi connectivity index (χ3n) is 2.46. The summed E-state index contributed by atoms with van der Waals surface area (Å²) in [6.45, 7) is 0. The van der Waals surface area contributed by atoms with E-state index in [9.17, 15) is 4.39 Å². The van der Waals surface area contributed by atoms with Gasteiger partial charge in [-0.25, -0.2) is 14.4 Å². The maximum absolute atomic E-state index is 13.3. The van der Waals surface area contributed by atoms with Gasteiger partial charge in [0.2, 0.25) is 0 Å². The van der Waals surface area contributed by atoms with E-state index in [-0.39, 0.29) is 16.1 Å². The first-order valence-electron chi connectivity index (χ1n) is 5.28. The first-order valence-corrected chi connectivity index (χ1v) is 6.41. The van der Waals surface area contributed by atoms with Gasteiger partial charge < -0.3 is 9.47 Å². The number of hydrogen-bond acceptors (Lipinski definition) is 4. The Balaban J connectivity index is 2.62. The Bertz CT molecular complexity index is 644. The van der Waals surface area contributed by atoms with E-state index in [0.717, 1.165) is 0 Å². The number of ether oxygens (including phenoxy) is 2. The Morgan fingerprint density at radius 2 is 1.60 bits per heavy atom. The van der Waals surface area contributed by atoms with Gasteiger partial charge in [0.15, 0.2) is 33.4 Å². The van der Waals surface area contributed by atoms with Crippen LogP contribution in [-0.2, 0) is 0 Å². The molecule has 0 atom stereocenters. The molecule has 2 aromatic rings. The number of nitrogens with zero attached hydrogens (tertiary/aromatic N) is 2. The summed E-state index contributed by atoms with van der Waals surface area (Å²) in [6, 6.07) is 3.13. The molecule has 0 amide bonds. The molecule has 0 spiro atoms. The fourth-order valence-electron chi connectivity index (χ4n) is 1.57. The lowest BCUT2D eigenvalue weighted by atomic mass is 10.2. The second-order valence-corrected chi connectivity index (χ2v) is 4.76. The average Bonchev–Trinajstić information content (AvgIpc) is 2.43. The first kappa shape index (κ1) is 15.1. The van der Waals surface area contributed by atoms with Gasteiger partial charge in [-0.15, -0.1) is 0 Å². The van der Waals surface area contributed by atoms with Gasteiger partial charge in [0, 0.05) is 5.56 Å². The molecule has 0 saturated carbocycles. The van der Waals surface area contributed by atoms with Gasteiger partial charge in [0.1, 0.15) is 0 Å². The molecule has 0 unspecified atom stereocenters. The lowest BCUT2D eigenvalue weighted by molar-refractivity contribution is 0.355. The van der Waals surface area contributed by atoms with E-state index in [1.165, 1.54) is 14.2 Å². The van der Waals surface area contributed by atoms with Gasteiger partial charge in [-0.3, -0.25) is 0 Å². The van der Waals surface area contributed by atoms with Crippen molar-refractivity contribution in [2.45, 2.75) is 0 Å². The van der Waals surface area contributed by atoms with Crippen molar-refractivity contribution >= 4 is 34.8 Å². The van der Waals surface area contributed by atoms with E-state index in [4.69, 9.17) is 44.3 Å². The molecule has 1 heterocycles. The van der Waals surface area contributed by atoms with E-state index in [1.807, 2.05) is 0 Å². The summed E-state index contributed by atoms with van der Waals surface area (Å²) < 4.78 is 23.6. The Labute approximate surface area is 129 Å². The molecule has 1 aromatic heterocycles. The zero-order chi connectivity index (χ0) is 14.9. The lowest BCUT2D eigenvalue weighted by Gasteiger charge is -2.11. The van der Waals surface area contributed by atoms with Crippen LogP contribution in [0, 0.1) is 5.82 Å². The van der Waals surface area contributed by atoms with Crippen molar-refractivity contribution in [1.29, 1.82) is 0 Å². The topological polar surface area (TPSA) is 44.2 Å². The molecule has 0 N–H and O–H groups in total. The Morgan fingerprint density at radius 1 is 1.00 bits per heavy atom. The van der Waals surface area contributed by atoms with Crippen molar-refractivity contribution in [2.24, 2.45) is 0 Å². The molecule has 8 heteroatoms. The molecule has 4 nitrogen and oxygen atoms in total. The van der Waals surface area contributed by atoms with E-state index in [0.29, 0.717) is 22.1 Å². The van der Waals surface area contributed by atoms with E-state index >= 15 is 0 Å². The van der Waals surface area contributed by atoms with Gasteiger partial charge in [-0.1, -0.05) is 34.8 Å². The highest BCUT2D eigenvalue weighted by Crippen LogP contribution is 2.39. The maximum Gasteiger partial charge on any atom is 0.197 e. The second kappa shape index (κ2) is 5.99. The minimum Gasteiger partial charge on any atom is -0.493 e. The summed E-state index contributed by atoms with van der Waals surface area (Å²) in [5.41, 5.74) is 0.469. The van der Waals surface area contributed by atoms with Crippen molar-refractivity contribution in [3.05, 3.63) is 33.3 Å². The monoisotopic (exact) mass is 336 g/mol. The molecular weight excluding hydrogens is 330 g/mol. The van der Waals surface area contributed by atoms with Gasteiger partial charge in [0.25, 0.3) is 0 Å². The van der Waals surface area contributed by atoms with E-state index in [1.54, 1.807) is 12.1 Å². The minimum atomic E-state index is -0.872. The molecule has 0 aliphatic heterocycles. The van der Waals surface area contributed by atoms with Crippen LogP contribution in [0.15, 0.2) is 12.1 Å². The Kier molecular flexibility index (Phi) is 4.52. The molecule has 2 rings (SSSR count). The highest BCUT2D eigenvalue weighted by atomic mass is 35.5. The summed E-state index contributed by atoms with van der Waals surface area (Å²) in [5.74, 6) is 0.0142. The fraction of sp³-hybridized carbons (Fsp3) is 0.167. The van der Waals surface area contributed by atoms with Crippen LogP contribution in [-0.4, -0.2) is 24.2 Å². The lowest BCUT2D eigenvalue weighted by Crippen LogP contribution is -1.97. The van der Waals surface area contributed by atoms with Crippen LogP contribution in [0.5, 0.6) is 11.5 Å². The fourth-order valence-corrected chi connectivity index (χ4v) is 2.25. The number of hydrogen-bond donors (Lipinski definition) is 0. The molecule has 0 saturated heterocycles. The van der Waals surface area contributed by atoms with Gasteiger partial charge >= 0.3 is 0 Å². The van der Waals surface area contributed by atoms with Crippen LogP contribution in [0.1, 0.15) is 0 Å². The van der Waals surface area contributed by atoms with Crippen LogP contribution < -0.4 is 9.47 Å². The SMILES string of the molecule is COc1cc(-c2nc(Cl)c(F)c(Cl)n2)cc(Cl)c1OC. The van der Waals surface area contributed by atoms with E-state index in [2.05, 4.69) is 9.97 Å². The normalized spacial score (nSPS) is 10.5. The largest absolute Gasteiger partial charge is 0.493 e. The molecule has 1 aromatic carbocycles. The standard InChI is InChI=1S/C12H8Cl3FN2O2/c1-19-7-4-5(3-6(13)9(7)20-2)12-17-10(14)8(16)11(15)18-12/h3-4H,1-2H3. The number of halogens is 4. The summed E-state index contributed by atoms with van der Waals surface area (Å²) in [7, 11) is 2.93. The number of rotatable bonds is 3.